The number of carbonyl (C=O) groups is 2. The van der Waals surface area contributed by atoms with E-state index in [1.807, 2.05) is 55.7 Å². The Morgan fingerprint density at radius 3 is 2.44 bits per heavy atom. The third-order valence-electron chi connectivity index (χ3n) is 5.37. The molecule has 0 atom stereocenters. The van der Waals surface area contributed by atoms with Crippen LogP contribution in [-0.4, -0.2) is 43.3 Å². The molecule has 0 fully saturated rings. The Hall–Kier alpha value is -4.51. The van der Waals surface area contributed by atoms with Crippen LogP contribution in [-0.2, 0) is 9.53 Å². The molecule has 0 radical (unpaired) electrons. The van der Waals surface area contributed by atoms with Crippen LogP contribution in [0.4, 0.5) is 0 Å². The van der Waals surface area contributed by atoms with Crippen LogP contribution in [0, 0.1) is 25.2 Å². The number of nitriles is 1. The average molecular weight is 489 g/mol. The number of Topliss-reactive ketones (excluding diaryl/α,β-unsaturated/α-hetero) is 1. The van der Waals surface area contributed by atoms with Gasteiger partial charge in [-0.3, -0.25) is 4.79 Å². The molecule has 186 valence electrons. The highest BCUT2D eigenvalue weighted by Crippen LogP contribution is 2.28. The Morgan fingerprint density at radius 1 is 1.03 bits per heavy atom. The van der Waals surface area contributed by atoms with Crippen LogP contribution in [0.15, 0.2) is 54.6 Å². The SMILES string of the molecule is CCOc1ccc(-n2c(C)cc(C(=O)COC(=O)/C=C/c3ccc(OCC#N)c(OC)c3)c2C)cc1. The van der Waals surface area contributed by atoms with E-state index in [0.717, 1.165) is 22.8 Å². The standard InChI is InChI=1S/C28H28N2O6/c1-5-34-23-10-8-22(9-11-23)30-19(2)16-24(20(30)3)25(31)18-36-28(32)13-7-21-6-12-26(35-15-14-29)27(17-21)33-4/h6-13,16-17H,5,15,18H2,1-4H3/b13-7+. The molecule has 8 heteroatoms. The molecule has 1 heterocycles. The molecule has 0 bridgehead atoms. The van der Waals surface area contributed by atoms with Crippen LogP contribution in [0.5, 0.6) is 17.2 Å². The van der Waals surface area contributed by atoms with Gasteiger partial charge in [0, 0.05) is 28.7 Å². The Balaban J connectivity index is 1.63. The van der Waals surface area contributed by atoms with Crippen molar-refractivity contribution in [1.82, 2.24) is 4.57 Å². The van der Waals surface area contributed by atoms with E-state index in [1.54, 1.807) is 30.3 Å². The Kier molecular flexibility index (Phi) is 8.89. The van der Waals surface area contributed by atoms with Crippen molar-refractivity contribution in [2.45, 2.75) is 20.8 Å². The van der Waals surface area contributed by atoms with Crippen molar-refractivity contribution >= 4 is 17.8 Å². The van der Waals surface area contributed by atoms with E-state index in [-0.39, 0.29) is 19.0 Å². The third kappa shape index (κ3) is 6.33. The summed E-state index contributed by atoms with van der Waals surface area (Å²) in [6.07, 6.45) is 2.78. The van der Waals surface area contributed by atoms with Crippen molar-refractivity contribution in [3.63, 3.8) is 0 Å². The molecule has 8 nitrogen and oxygen atoms in total. The number of benzene rings is 2. The van der Waals surface area contributed by atoms with Crippen LogP contribution >= 0.6 is 0 Å². The summed E-state index contributed by atoms with van der Waals surface area (Å²) in [7, 11) is 1.48. The van der Waals surface area contributed by atoms with E-state index >= 15 is 0 Å². The zero-order chi connectivity index (χ0) is 26.1. The lowest BCUT2D eigenvalue weighted by Crippen LogP contribution is -2.13. The molecule has 0 N–H and O–H groups in total. The van der Waals surface area contributed by atoms with E-state index in [0.29, 0.717) is 29.2 Å². The lowest BCUT2D eigenvalue weighted by atomic mass is 10.1. The summed E-state index contributed by atoms with van der Waals surface area (Å²) < 4.78 is 23.2. The van der Waals surface area contributed by atoms with Gasteiger partial charge in [0.2, 0.25) is 5.78 Å². The molecular formula is C28H28N2O6. The van der Waals surface area contributed by atoms with Crippen molar-refractivity contribution in [3.05, 3.63) is 77.1 Å². The predicted molar refractivity (Wildman–Crippen MR) is 135 cm³/mol. The zero-order valence-electron chi connectivity index (χ0n) is 20.7. The van der Waals surface area contributed by atoms with Crippen molar-refractivity contribution in [2.75, 3.05) is 26.9 Å². The van der Waals surface area contributed by atoms with Gasteiger partial charge in [-0.1, -0.05) is 6.07 Å². The van der Waals surface area contributed by atoms with Crippen LogP contribution in [0.2, 0.25) is 0 Å². The van der Waals surface area contributed by atoms with Crippen molar-refractivity contribution in [1.29, 1.82) is 5.26 Å². The minimum Gasteiger partial charge on any atom is -0.494 e. The molecule has 0 saturated heterocycles. The largest absolute Gasteiger partial charge is 0.494 e. The lowest BCUT2D eigenvalue weighted by Gasteiger charge is -2.11. The van der Waals surface area contributed by atoms with E-state index < -0.39 is 5.97 Å². The monoisotopic (exact) mass is 488 g/mol. The minimum absolute atomic E-state index is 0.103. The van der Waals surface area contributed by atoms with Gasteiger partial charge in [0.25, 0.3) is 0 Å². The Morgan fingerprint density at radius 2 is 1.78 bits per heavy atom. The number of aromatic nitrogens is 1. The summed E-state index contributed by atoms with van der Waals surface area (Å²) >= 11 is 0. The first kappa shape index (κ1) is 26.1. The fourth-order valence-corrected chi connectivity index (χ4v) is 3.74. The summed E-state index contributed by atoms with van der Waals surface area (Å²) in [5.74, 6) is 0.697. The summed E-state index contributed by atoms with van der Waals surface area (Å²) in [6.45, 7) is 5.81. The molecule has 0 amide bonds. The average Bonchev–Trinajstić information content (AvgIpc) is 3.19. The first-order chi connectivity index (χ1) is 17.4. The highest BCUT2D eigenvalue weighted by Gasteiger charge is 2.18. The third-order valence-corrected chi connectivity index (χ3v) is 5.37. The topological polar surface area (TPSA) is 99.8 Å². The molecule has 0 unspecified atom stereocenters. The molecule has 3 rings (SSSR count). The fourth-order valence-electron chi connectivity index (χ4n) is 3.74. The van der Waals surface area contributed by atoms with E-state index in [1.165, 1.54) is 13.2 Å². The molecule has 1 aromatic heterocycles. The summed E-state index contributed by atoms with van der Waals surface area (Å²) in [5.41, 5.74) is 3.72. The normalized spacial score (nSPS) is 10.6. The van der Waals surface area contributed by atoms with Crippen LogP contribution in [0.3, 0.4) is 0 Å². The van der Waals surface area contributed by atoms with Gasteiger partial charge < -0.3 is 23.5 Å². The van der Waals surface area contributed by atoms with Crippen LogP contribution < -0.4 is 14.2 Å². The van der Waals surface area contributed by atoms with Crippen molar-refractivity contribution in [2.24, 2.45) is 0 Å². The van der Waals surface area contributed by atoms with Crippen molar-refractivity contribution < 1.29 is 28.5 Å². The number of hydrogen-bond donors (Lipinski definition) is 0. The molecule has 2 aromatic carbocycles. The zero-order valence-corrected chi connectivity index (χ0v) is 20.7. The number of ketones is 1. The molecule has 0 aliphatic rings. The number of nitrogens with zero attached hydrogens (tertiary/aromatic N) is 2. The summed E-state index contributed by atoms with van der Waals surface area (Å²) in [6, 6.07) is 16.3. The summed E-state index contributed by atoms with van der Waals surface area (Å²) in [4.78, 5) is 25.0. The number of esters is 1. The second kappa shape index (κ2) is 12.3. The molecule has 0 aliphatic carbocycles. The van der Waals surface area contributed by atoms with E-state index in [4.69, 9.17) is 24.2 Å². The van der Waals surface area contributed by atoms with Gasteiger partial charge in [-0.2, -0.15) is 5.26 Å². The molecule has 0 aliphatic heterocycles. The van der Waals surface area contributed by atoms with Gasteiger partial charge in [0.05, 0.1) is 13.7 Å². The molecule has 0 spiro atoms. The van der Waals surface area contributed by atoms with Gasteiger partial charge in [-0.05, 0) is 74.9 Å². The maximum Gasteiger partial charge on any atom is 0.331 e. The second-order valence-corrected chi connectivity index (χ2v) is 7.77. The maximum atomic E-state index is 12.8. The molecule has 0 saturated carbocycles. The van der Waals surface area contributed by atoms with Crippen LogP contribution in [0.25, 0.3) is 11.8 Å². The van der Waals surface area contributed by atoms with Gasteiger partial charge in [0.1, 0.15) is 11.8 Å². The molecule has 3 aromatic rings. The highest BCUT2D eigenvalue weighted by atomic mass is 16.5. The van der Waals surface area contributed by atoms with Crippen LogP contribution in [0.1, 0.15) is 34.2 Å². The van der Waals surface area contributed by atoms with Gasteiger partial charge in [-0.15, -0.1) is 0 Å². The summed E-state index contributed by atoms with van der Waals surface area (Å²) in [5, 5.41) is 8.65. The number of ether oxygens (including phenoxy) is 4. The smallest absolute Gasteiger partial charge is 0.331 e. The fraction of sp³-hybridized carbons (Fsp3) is 0.250. The lowest BCUT2D eigenvalue weighted by molar-refractivity contribution is -0.136. The Bertz CT molecular complexity index is 1300. The van der Waals surface area contributed by atoms with Gasteiger partial charge in [0.15, 0.2) is 24.7 Å². The number of rotatable bonds is 11. The van der Waals surface area contributed by atoms with Crippen molar-refractivity contribution in [3.8, 4) is 29.0 Å². The van der Waals surface area contributed by atoms with E-state index in [9.17, 15) is 9.59 Å². The first-order valence-corrected chi connectivity index (χ1v) is 11.4. The number of hydrogen-bond acceptors (Lipinski definition) is 7. The number of methoxy groups -OCH3 is 1. The number of aryl methyl sites for hydroxylation is 1. The first-order valence-electron chi connectivity index (χ1n) is 11.4. The quantitative estimate of drug-likeness (QED) is 0.216. The van der Waals surface area contributed by atoms with E-state index in [2.05, 4.69) is 0 Å². The Labute approximate surface area is 210 Å². The highest BCUT2D eigenvalue weighted by molar-refractivity contribution is 6.00. The minimum atomic E-state index is -0.646. The maximum absolute atomic E-state index is 12.8. The molecule has 36 heavy (non-hydrogen) atoms. The van der Waals surface area contributed by atoms with Gasteiger partial charge >= 0.3 is 5.97 Å². The molecular weight excluding hydrogens is 460 g/mol. The predicted octanol–water partition coefficient (Wildman–Crippen LogP) is 4.84. The van der Waals surface area contributed by atoms with Gasteiger partial charge in [-0.25, -0.2) is 4.79 Å². The number of carbonyl (C=O) groups excluding carboxylic acids is 2. The second-order valence-electron chi connectivity index (χ2n) is 7.77.